The van der Waals surface area contributed by atoms with Gasteiger partial charge in [0.2, 0.25) is 0 Å². The average Bonchev–Trinajstić information content (AvgIpc) is 2.33. The zero-order valence-corrected chi connectivity index (χ0v) is 9.24. The Hall–Kier alpha value is -1.36. The molecule has 88 valence electrons. The lowest BCUT2D eigenvalue weighted by atomic mass is 10.0. The van der Waals surface area contributed by atoms with Gasteiger partial charge in [-0.05, 0) is 25.8 Å². The van der Waals surface area contributed by atoms with Gasteiger partial charge in [0.1, 0.15) is 0 Å². The minimum atomic E-state index is -0.265. The van der Waals surface area contributed by atoms with Crippen molar-refractivity contribution in [3.63, 3.8) is 0 Å². The Balaban J connectivity index is 1.75. The molecule has 0 amide bonds. The number of nitrogens with zero attached hydrogens (tertiary/aromatic N) is 1. The maximum atomic E-state index is 11.2. The monoisotopic (exact) mass is 223 g/mol. The molecule has 16 heavy (non-hydrogen) atoms. The summed E-state index contributed by atoms with van der Waals surface area (Å²) in [4.78, 5) is 17.6. The molecule has 0 aliphatic carbocycles. The van der Waals surface area contributed by atoms with E-state index in [1.165, 1.54) is 31.7 Å². The van der Waals surface area contributed by atoms with Crippen LogP contribution in [-0.4, -0.2) is 29.2 Å². The van der Waals surface area contributed by atoms with Gasteiger partial charge in [0.05, 0.1) is 6.61 Å². The lowest BCUT2D eigenvalue weighted by Gasteiger charge is -2.22. The Morgan fingerprint density at radius 1 is 1.50 bits per heavy atom. The molecule has 1 aliphatic rings. The van der Waals surface area contributed by atoms with Crippen LogP contribution in [0.3, 0.4) is 0 Å². The standard InChI is InChI=1S/C11H17N3O2/c15-10-11(14-7-6-13-10)16-8-4-9-3-1-2-5-12-9/h6-7,9,12H,1-5,8H2,(H,13,15). The second kappa shape index (κ2) is 5.65. The largest absolute Gasteiger partial charge is 0.474 e. The van der Waals surface area contributed by atoms with E-state index in [0.29, 0.717) is 12.6 Å². The Labute approximate surface area is 94.2 Å². The van der Waals surface area contributed by atoms with E-state index in [-0.39, 0.29) is 11.4 Å². The molecule has 1 aliphatic heterocycles. The van der Waals surface area contributed by atoms with E-state index in [2.05, 4.69) is 15.3 Å². The fourth-order valence-electron chi connectivity index (χ4n) is 1.91. The highest BCUT2D eigenvalue weighted by molar-refractivity contribution is 5.02. The first kappa shape index (κ1) is 11.1. The van der Waals surface area contributed by atoms with Gasteiger partial charge in [-0.1, -0.05) is 6.42 Å². The first-order chi connectivity index (χ1) is 7.86. The van der Waals surface area contributed by atoms with Crippen LogP contribution in [0.2, 0.25) is 0 Å². The first-order valence-electron chi connectivity index (χ1n) is 5.76. The van der Waals surface area contributed by atoms with Gasteiger partial charge in [-0.15, -0.1) is 0 Å². The molecule has 5 heteroatoms. The van der Waals surface area contributed by atoms with Crippen LogP contribution in [0.4, 0.5) is 0 Å². The summed E-state index contributed by atoms with van der Waals surface area (Å²) in [7, 11) is 0. The molecule has 0 bridgehead atoms. The maximum absolute atomic E-state index is 11.2. The van der Waals surface area contributed by atoms with Gasteiger partial charge in [0, 0.05) is 18.4 Å². The van der Waals surface area contributed by atoms with Crippen molar-refractivity contribution in [3.05, 3.63) is 22.7 Å². The molecule has 1 unspecified atom stereocenters. The summed E-state index contributed by atoms with van der Waals surface area (Å²) >= 11 is 0. The molecule has 1 aromatic heterocycles. The number of aromatic nitrogens is 2. The van der Waals surface area contributed by atoms with E-state index >= 15 is 0 Å². The molecule has 2 N–H and O–H groups in total. The van der Waals surface area contributed by atoms with E-state index in [0.717, 1.165) is 13.0 Å². The third-order valence-corrected chi connectivity index (χ3v) is 2.79. The predicted octanol–water partition coefficient (Wildman–Crippen LogP) is 0.681. The molecule has 2 rings (SSSR count). The van der Waals surface area contributed by atoms with E-state index in [1.807, 2.05) is 0 Å². The summed E-state index contributed by atoms with van der Waals surface area (Å²) in [5.74, 6) is 0.165. The molecule has 0 saturated carbocycles. The van der Waals surface area contributed by atoms with Gasteiger partial charge in [0.15, 0.2) is 0 Å². The summed E-state index contributed by atoms with van der Waals surface area (Å²) in [6.45, 7) is 1.63. The van der Waals surface area contributed by atoms with Gasteiger partial charge in [-0.2, -0.15) is 0 Å². The predicted molar refractivity (Wildman–Crippen MR) is 60.6 cm³/mol. The topological polar surface area (TPSA) is 67.0 Å². The van der Waals surface area contributed by atoms with Crippen LogP contribution in [0.1, 0.15) is 25.7 Å². The van der Waals surface area contributed by atoms with Gasteiger partial charge in [-0.25, -0.2) is 4.98 Å². The number of piperidine rings is 1. The Kier molecular flexibility index (Phi) is 3.93. The maximum Gasteiger partial charge on any atom is 0.310 e. The van der Waals surface area contributed by atoms with Crippen molar-refractivity contribution in [1.29, 1.82) is 0 Å². The van der Waals surface area contributed by atoms with Crippen LogP contribution < -0.4 is 15.6 Å². The normalized spacial score (nSPS) is 20.6. The number of ether oxygens (including phenoxy) is 1. The highest BCUT2D eigenvalue weighted by Crippen LogP contribution is 2.10. The molecule has 1 saturated heterocycles. The molecule has 1 fully saturated rings. The molecular weight excluding hydrogens is 206 g/mol. The van der Waals surface area contributed by atoms with Crippen LogP contribution in [0.15, 0.2) is 17.2 Å². The molecule has 1 atom stereocenters. The lowest BCUT2D eigenvalue weighted by Crippen LogP contribution is -2.35. The highest BCUT2D eigenvalue weighted by Gasteiger charge is 2.12. The summed E-state index contributed by atoms with van der Waals surface area (Å²) < 4.78 is 5.34. The second-order valence-electron chi connectivity index (χ2n) is 4.01. The number of rotatable bonds is 4. The Morgan fingerprint density at radius 2 is 2.44 bits per heavy atom. The van der Waals surface area contributed by atoms with Crippen LogP contribution in [-0.2, 0) is 0 Å². The summed E-state index contributed by atoms with van der Waals surface area (Å²) in [6, 6.07) is 0.525. The van der Waals surface area contributed by atoms with Crippen molar-refractivity contribution >= 4 is 0 Å². The van der Waals surface area contributed by atoms with Crippen molar-refractivity contribution in [1.82, 2.24) is 15.3 Å². The number of aromatic amines is 1. The van der Waals surface area contributed by atoms with Crippen LogP contribution in [0, 0.1) is 0 Å². The summed E-state index contributed by atoms with van der Waals surface area (Å²) in [5, 5.41) is 3.43. The van der Waals surface area contributed by atoms with E-state index < -0.39 is 0 Å². The molecule has 0 aromatic carbocycles. The third kappa shape index (κ3) is 3.06. The minimum Gasteiger partial charge on any atom is -0.474 e. The van der Waals surface area contributed by atoms with Crippen molar-refractivity contribution in [2.75, 3.05) is 13.2 Å². The third-order valence-electron chi connectivity index (χ3n) is 2.79. The number of hydrogen-bond donors (Lipinski definition) is 2. The van der Waals surface area contributed by atoms with Crippen LogP contribution >= 0.6 is 0 Å². The zero-order chi connectivity index (χ0) is 11.2. The molecule has 1 aromatic rings. The van der Waals surface area contributed by atoms with Crippen molar-refractivity contribution in [3.8, 4) is 5.88 Å². The molecular formula is C11H17N3O2. The van der Waals surface area contributed by atoms with Crippen LogP contribution in [0.5, 0.6) is 5.88 Å². The molecule has 0 radical (unpaired) electrons. The fourth-order valence-corrected chi connectivity index (χ4v) is 1.91. The first-order valence-corrected chi connectivity index (χ1v) is 5.76. The summed E-state index contributed by atoms with van der Waals surface area (Å²) in [5.41, 5.74) is -0.265. The van der Waals surface area contributed by atoms with E-state index in [1.54, 1.807) is 0 Å². The van der Waals surface area contributed by atoms with Crippen LogP contribution in [0.25, 0.3) is 0 Å². The number of H-pyrrole nitrogens is 1. The summed E-state index contributed by atoms with van der Waals surface area (Å²) in [6.07, 6.45) is 7.69. The quantitative estimate of drug-likeness (QED) is 0.787. The van der Waals surface area contributed by atoms with Crippen molar-refractivity contribution in [2.45, 2.75) is 31.7 Å². The Bertz CT molecular complexity index is 371. The number of nitrogens with one attached hydrogen (secondary N) is 2. The van der Waals surface area contributed by atoms with Gasteiger partial charge < -0.3 is 15.0 Å². The van der Waals surface area contributed by atoms with Gasteiger partial charge >= 0.3 is 5.56 Å². The lowest BCUT2D eigenvalue weighted by molar-refractivity contribution is 0.257. The SMILES string of the molecule is O=c1[nH]ccnc1OCCC1CCCCN1. The van der Waals surface area contributed by atoms with Gasteiger partial charge in [0.25, 0.3) is 5.88 Å². The fraction of sp³-hybridized carbons (Fsp3) is 0.636. The highest BCUT2D eigenvalue weighted by atomic mass is 16.5. The van der Waals surface area contributed by atoms with Crippen molar-refractivity contribution in [2.24, 2.45) is 0 Å². The smallest absolute Gasteiger partial charge is 0.310 e. The van der Waals surface area contributed by atoms with E-state index in [4.69, 9.17) is 4.74 Å². The number of hydrogen-bond acceptors (Lipinski definition) is 4. The van der Waals surface area contributed by atoms with Crippen molar-refractivity contribution < 1.29 is 4.74 Å². The second-order valence-corrected chi connectivity index (χ2v) is 4.01. The minimum absolute atomic E-state index is 0.165. The zero-order valence-electron chi connectivity index (χ0n) is 9.24. The molecule has 5 nitrogen and oxygen atoms in total. The Morgan fingerprint density at radius 3 is 3.19 bits per heavy atom. The van der Waals surface area contributed by atoms with Gasteiger partial charge in [-0.3, -0.25) is 4.79 Å². The molecule has 0 spiro atoms. The molecule has 2 heterocycles. The average molecular weight is 223 g/mol. The van der Waals surface area contributed by atoms with E-state index in [9.17, 15) is 4.79 Å².